The van der Waals surface area contributed by atoms with Gasteiger partial charge in [0.15, 0.2) is 0 Å². The van der Waals surface area contributed by atoms with Crippen LogP contribution < -0.4 is 0 Å². The van der Waals surface area contributed by atoms with E-state index in [9.17, 15) is 5.11 Å². The van der Waals surface area contributed by atoms with Crippen molar-refractivity contribution in [3.63, 3.8) is 0 Å². The largest absolute Gasteiger partial charge is 0.389 e. The molecular formula is C14H24N2O. The summed E-state index contributed by atoms with van der Waals surface area (Å²) in [6.07, 6.45) is 5.60. The molecule has 1 saturated carbocycles. The molecule has 3 heteroatoms. The third kappa shape index (κ3) is 3.09. The van der Waals surface area contributed by atoms with Crippen LogP contribution in [-0.2, 0) is 13.5 Å². The molecule has 2 rings (SSSR count). The van der Waals surface area contributed by atoms with E-state index in [-0.39, 0.29) is 5.41 Å². The highest BCUT2D eigenvalue weighted by Gasteiger charge is 2.41. The SMILES string of the molecule is CC1CC(C)(C)CC(O)(Cc2ccn(C)n2)C1. The predicted octanol–water partition coefficient (Wildman–Crippen LogP) is 2.54. The molecule has 1 fully saturated rings. The first kappa shape index (κ1) is 12.6. The van der Waals surface area contributed by atoms with Crippen molar-refractivity contribution in [1.29, 1.82) is 0 Å². The van der Waals surface area contributed by atoms with E-state index in [1.54, 1.807) is 4.68 Å². The summed E-state index contributed by atoms with van der Waals surface area (Å²) in [5.74, 6) is 0.590. The maximum Gasteiger partial charge on any atom is 0.0711 e. The summed E-state index contributed by atoms with van der Waals surface area (Å²) in [5.41, 5.74) is 0.663. The molecule has 2 atom stereocenters. The average molecular weight is 236 g/mol. The molecule has 0 spiro atoms. The van der Waals surface area contributed by atoms with Gasteiger partial charge >= 0.3 is 0 Å². The van der Waals surface area contributed by atoms with Gasteiger partial charge in [0.05, 0.1) is 11.3 Å². The standard InChI is InChI=1S/C14H24N2O/c1-11-7-13(2,3)10-14(17,8-11)9-12-5-6-16(4)15-12/h5-6,11,17H,7-10H2,1-4H3. The fourth-order valence-corrected chi connectivity index (χ4v) is 3.73. The molecule has 1 aliphatic rings. The van der Waals surface area contributed by atoms with Gasteiger partial charge in [-0.3, -0.25) is 4.68 Å². The summed E-state index contributed by atoms with van der Waals surface area (Å²) in [7, 11) is 1.92. The second-order valence-corrected chi connectivity index (χ2v) is 6.74. The number of nitrogens with zero attached hydrogens (tertiary/aromatic N) is 2. The van der Waals surface area contributed by atoms with E-state index in [0.29, 0.717) is 12.3 Å². The van der Waals surface area contributed by atoms with E-state index >= 15 is 0 Å². The van der Waals surface area contributed by atoms with Gasteiger partial charge in [0.2, 0.25) is 0 Å². The quantitative estimate of drug-likeness (QED) is 0.857. The highest BCUT2D eigenvalue weighted by Crippen LogP contribution is 2.44. The second kappa shape index (κ2) is 4.13. The van der Waals surface area contributed by atoms with Gasteiger partial charge in [-0.2, -0.15) is 5.10 Å². The minimum atomic E-state index is -0.574. The van der Waals surface area contributed by atoms with Gasteiger partial charge in [0, 0.05) is 19.7 Å². The van der Waals surface area contributed by atoms with Crippen LogP contribution >= 0.6 is 0 Å². The van der Waals surface area contributed by atoms with Crippen LogP contribution in [-0.4, -0.2) is 20.5 Å². The number of hydrogen-bond acceptors (Lipinski definition) is 2. The smallest absolute Gasteiger partial charge is 0.0711 e. The summed E-state index contributed by atoms with van der Waals surface area (Å²) in [4.78, 5) is 0. The van der Waals surface area contributed by atoms with Crippen LogP contribution in [0.25, 0.3) is 0 Å². The lowest BCUT2D eigenvalue weighted by Crippen LogP contribution is -2.43. The number of rotatable bonds is 2. The molecule has 0 radical (unpaired) electrons. The molecule has 1 aromatic rings. The van der Waals surface area contributed by atoms with Crippen molar-refractivity contribution in [2.75, 3.05) is 0 Å². The minimum absolute atomic E-state index is 0.237. The monoisotopic (exact) mass is 236 g/mol. The predicted molar refractivity (Wildman–Crippen MR) is 68.7 cm³/mol. The van der Waals surface area contributed by atoms with Crippen LogP contribution in [0.1, 0.15) is 45.7 Å². The Bertz CT molecular complexity index is 397. The number of aromatic nitrogens is 2. The van der Waals surface area contributed by atoms with Crippen LogP contribution in [0.4, 0.5) is 0 Å². The lowest BCUT2D eigenvalue weighted by Gasteiger charge is -2.44. The third-order valence-corrected chi connectivity index (χ3v) is 3.72. The molecule has 0 aliphatic heterocycles. The first-order chi connectivity index (χ1) is 7.78. The van der Waals surface area contributed by atoms with Gasteiger partial charge in [-0.1, -0.05) is 20.8 Å². The Morgan fingerprint density at radius 3 is 2.71 bits per heavy atom. The van der Waals surface area contributed by atoms with Crippen molar-refractivity contribution in [2.24, 2.45) is 18.4 Å². The summed E-state index contributed by atoms with van der Waals surface area (Å²) in [5, 5.41) is 15.2. The molecule has 1 aromatic heterocycles. The molecule has 0 bridgehead atoms. The van der Waals surface area contributed by atoms with E-state index in [4.69, 9.17) is 0 Å². The van der Waals surface area contributed by atoms with Gasteiger partial charge in [0.1, 0.15) is 0 Å². The fourth-order valence-electron chi connectivity index (χ4n) is 3.73. The molecule has 1 heterocycles. The molecule has 0 saturated heterocycles. The van der Waals surface area contributed by atoms with Gasteiger partial charge in [-0.05, 0) is 36.7 Å². The molecular weight excluding hydrogens is 212 g/mol. The summed E-state index contributed by atoms with van der Waals surface area (Å²) in [6, 6.07) is 2.00. The van der Waals surface area contributed by atoms with Crippen LogP contribution in [0.15, 0.2) is 12.3 Å². The summed E-state index contributed by atoms with van der Waals surface area (Å²) >= 11 is 0. The third-order valence-electron chi connectivity index (χ3n) is 3.72. The van der Waals surface area contributed by atoms with Crippen LogP contribution in [0.5, 0.6) is 0 Å². The fraction of sp³-hybridized carbons (Fsp3) is 0.786. The normalized spacial score (nSPS) is 32.6. The van der Waals surface area contributed by atoms with E-state index in [1.807, 2.05) is 19.3 Å². The van der Waals surface area contributed by atoms with Gasteiger partial charge < -0.3 is 5.11 Å². The van der Waals surface area contributed by atoms with Crippen LogP contribution in [0, 0.1) is 11.3 Å². The Morgan fingerprint density at radius 2 is 2.18 bits per heavy atom. The molecule has 0 aromatic carbocycles. The van der Waals surface area contributed by atoms with E-state index in [0.717, 1.165) is 18.5 Å². The van der Waals surface area contributed by atoms with Gasteiger partial charge in [-0.15, -0.1) is 0 Å². The number of aryl methyl sites for hydroxylation is 1. The lowest BCUT2D eigenvalue weighted by molar-refractivity contribution is -0.0580. The summed E-state index contributed by atoms with van der Waals surface area (Å²) < 4.78 is 1.80. The Morgan fingerprint density at radius 1 is 1.47 bits per heavy atom. The second-order valence-electron chi connectivity index (χ2n) is 6.74. The van der Waals surface area contributed by atoms with Crippen molar-refractivity contribution in [2.45, 2.75) is 52.1 Å². The molecule has 96 valence electrons. The zero-order chi connectivity index (χ0) is 12.7. The maximum atomic E-state index is 10.8. The minimum Gasteiger partial charge on any atom is -0.389 e. The Hall–Kier alpha value is -0.830. The van der Waals surface area contributed by atoms with Crippen molar-refractivity contribution < 1.29 is 5.11 Å². The average Bonchev–Trinajstić information content (AvgIpc) is 2.44. The number of aliphatic hydroxyl groups is 1. The first-order valence-corrected chi connectivity index (χ1v) is 6.49. The highest BCUT2D eigenvalue weighted by molar-refractivity contribution is 5.06. The Labute approximate surface area is 104 Å². The van der Waals surface area contributed by atoms with E-state index in [2.05, 4.69) is 25.9 Å². The molecule has 1 N–H and O–H groups in total. The van der Waals surface area contributed by atoms with Crippen molar-refractivity contribution in [3.05, 3.63) is 18.0 Å². The zero-order valence-corrected chi connectivity index (χ0v) is 11.4. The maximum absolute atomic E-state index is 10.8. The zero-order valence-electron chi connectivity index (χ0n) is 11.4. The van der Waals surface area contributed by atoms with E-state index in [1.165, 1.54) is 6.42 Å². The van der Waals surface area contributed by atoms with Crippen molar-refractivity contribution >= 4 is 0 Å². The molecule has 1 aliphatic carbocycles. The first-order valence-electron chi connectivity index (χ1n) is 6.49. The van der Waals surface area contributed by atoms with Crippen LogP contribution in [0.2, 0.25) is 0 Å². The van der Waals surface area contributed by atoms with Gasteiger partial charge in [-0.25, -0.2) is 0 Å². The van der Waals surface area contributed by atoms with Crippen molar-refractivity contribution in [3.8, 4) is 0 Å². The molecule has 0 amide bonds. The number of hydrogen-bond donors (Lipinski definition) is 1. The molecule has 2 unspecified atom stereocenters. The van der Waals surface area contributed by atoms with E-state index < -0.39 is 5.60 Å². The Balaban J connectivity index is 2.12. The highest BCUT2D eigenvalue weighted by atomic mass is 16.3. The lowest BCUT2D eigenvalue weighted by atomic mass is 9.64. The Kier molecular flexibility index (Phi) is 3.06. The van der Waals surface area contributed by atoms with Gasteiger partial charge in [0.25, 0.3) is 0 Å². The molecule has 17 heavy (non-hydrogen) atoms. The van der Waals surface area contributed by atoms with Crippen molar-refractivity contribution in [1.82, 2.24) is 9.78 Å². The molecule has 3 nitrogen and oxygen atoms in total. The summed E-state index contributed by atoms with van der Waals surface area (Å²) in [6.45, 7) is 6.75. The topological polar surface area (TPSA) is 38.0 Å². The van der Waals surface area contributed by atoms with Crippen LogP contribution in [0.3, 0.4) is 0 Å².